The van der Waals surface area contributed by atoms with Crippen LogP contribution < -0.4 is 4.90 Å². The van der Waals surface area contributed by atoms with Gasteiger partial charge in [-0.2, -0.15) is 0 Å². The second-order valence-electron chi connectivity index (χ2n) is 10.5. The molecule has 0 amide bonds. The molecular formula is C28H24F3N3O4S. The van der Waals surface area contributed by atoms with Gasteiger partial charge in [-0.25, -0.2) is 22.9 Å². The number of halogens is 3. The highest BCUT2D eigenvalue weighted by Crippen LogP contribution is 2.46. The van der Waals surface area contributed by atoms with Crippen LogP contribution in [0, 0.1) is 17.5 Å². The quantitative estimate of drug-likeness (QED) is 0.273. The van der Waals surface area contributed by atoms with E-state index in [-0.39, 0.29) is 53.0 Å². The number of hydrogen-bond acceptors (Lipinski definition) is 7. The van der Waals surface area contributed by atoms with Crippen molar-refractivity contribution < 1.29 is 32.3 Å². The standard InChI is InChI=1S/C28H24F3N3O4S/c29-19-2-1-3-20(30)23(19)24-18(26(38-33-24)13-4-5-13)12-37-17-10-15-6-7-16(11-17)34(15)28-32-25-21(31)8-14(27(35)36)9-22(25)39-28/h1-3,8-9,13,15-17H,4-7,10-12H2,(H,35,36)/t15-,16+,17?. The summed E-state index contributed by atoms with van der Waals surface area (Å²) in [6.45, 7) is 0.146. The third-order valence-corrected chi connectivity index (χ3v) is 9.04. The first kappa shape index (κ1) is 24.6. The van der Waals surface area contributed by atoms with Crippen molar-refractivity contribution in [3.63, 3.8) is 0 Å². The van der Waals surface area contributed by atoms with E-state index in [0.29, 0.717) is 21.2 Å². The number of carboxylic acid groups (broad SMARTS) is 1. The summed E-state index contributed by atoms with van der Waals surface area (Å²) < 4.78 is 56.2. The lowest BCUT2D eigenvalue weighted by molar-refractivity contribution is 0.0147. The molecule has 2 aromatic heterocycles. The Labute approximate surface area is 225 Å². The lowest BCUT2D eigenvalue weighted by Gasteiger charge is -2.38. The Bertz CT molecular complexity index is 1570. The topological polar surface area (TPSA) is 88.7 Å². The number of aromatic nitrogens is 2. The third-order valence-electron chi connectivity index (χ3n) is 8.02. The Morgan fingerprint density at radius 2 is 1.79 bits per heavy atom. The summed E-state index contributed by atoms with van der Waals surface area (Å²) in [6.07, 6.45) is 5.14. The first-order valence-corrected chi connectivity index (χ1v) is 13.8. The number of hydrogen-bond donors (Lipinski definition) is 1. The maximum atomic E-state index is 14.6. The molecule has 0 radical (unpaired) electrons. The highest BCUT2D eigenvalue weighted by atomic mass is 32.1. The van der Waals surface area contributed by atoms with E-state index < -0.39 is 23.4 Å². The number of fused-ring (bicyclic) bond motifs is 3. The average molecular weight is 556 g/mol. The fourth-order valence-electron chi connectivity index (χ4n) is 6.04. The summed E-state index contributed by atoms with van der Waals surface area (Å²) in [6, 6.07) is 6.49. The molecule has 11 heteroatoms. The molecular weight excluding hydrogens is 531 g/mol. The summed E-state index contributed by atoms with van der Waals surface area (Å²) in [5, 5.41) is 14.0. The fraction of sp³-hybridized carbons (Fsp3) is 0.393. The number of thiazole rings is 1. The monoisotopic (exact) mass is 555 g/mol. The first-order chi connectivity index (χ1) is 18.9. The number of rotatable bonds is 7. The van der Waals surface area contributed by atoms with Crippen LogP contribution >= 0.6 is 11.3 Å². The normalized spacial score (nSPS) is 22.6. The van der Waals surface area contributed by atoms with Gasteiger partial charge in [-0.3, -0.25) is 0 Å². The Balaban J connectivity index is 1.11. The molecule has 4 heterocycles. The van der Waals surface area contributed by atoms with Crippen LogP contribution in [0.25, 0.3) is 21.5 Å². The van der Waals surface area contributed by atoms with Crippen molar-refractivity contribution in [1.82, 2.24) is 10.1 Å². The Morgan fingerprint density at radius 1 is 1.08 bits per heavy atom. The van der Waals surface area contributed by atoms with Crippen LogP contribution in [0.3, 0.4) is 0 Å². The molecule has 202 valence electrons. The van der Waals surface area contributed by atoms with E-state index in [1.807, 2.05) is 0 Å². The summed E-state index contributed by atoms with van der Waals surface area (Å²) in [5.74, 6) is -2.37. The number of anilines is 1. The number of carboxylic acids is 1. The summed E-state index contributed by atoms with van der Waals surface area (Å²) in [4.78, 5) is 18.1. The van der Waals surface area contributed by atoms with Gasteiger partial charge in [0.05, 0.1) is 28.5 Å². The zero-order chi connectivity index (χ0) is 26.8. The highest BCUT2D eigenvalue weighted by Gasteiger charge is 2.43. The van der Waals surface area contributed by atoms with E-state index >= 15 is 0 Å². The van der Waals surface area contributed by atoms with Gasteiger partial charge in [-0.15, -0.1) is 0 Å². The van der Waals surface area contributed by atoms with Crippen molar-refractivity contribution in [3.05, 3.63) is 64.7 Å². The zero-order valence-corrected chi connectivity index (χ0v) is 21.5. The molecule has 7 nitrogen and oxygen atoms in total. The Morgan fingerprint density at radius 3 is 2.46 bits per heavy atom. The van der Waals surface area contributed by atoms with Crippen LogP contribution in [0.2, 0.25) is 0 Å². The van der Waals surface area contributed by atoms with Crippen molar-refractivity contribution in [2.24, 2.45) is 0 Å². The zero-order valence-electron chi connectivity index (χ0n) is 20.7. The van der Waals surface area contributed by atoms with Crippen LogP contribution in [-0.2, 0) is 11.3 Å². The van der Waals surface area contributed by atoms with Gasteiger partial charge < -0.3 is 19.3 Å². The molecule has 3 aliphatic rings. The van der Waals surface area contributed by atoms with E-state index in [1.165, 1.54) is 35.6 Å². The van der Waals surface area contributed by atoms with Gasteiger partial charge in [0.25, 0.3) is 0 Å². The predicted molar refractivity (Wildman–Crippen MR) is 137 cm³/mol. The molecule has 1 N–H and O–H groups in total. The van der Waals surface area contributed by atoms with Gasteiger partial charge in [0, 0.05) is 23.6 Å². The smallest absolute Gasteiger partial charge is 0.335 e. The molecule has 3 fully saturated rings. The lowest BCUT2D eigenvalue weighted by Crippen LogP contribution is -2.45. The number of aromatic carboxylic acids is 1. The number of benzene rings is 2. The number of nitrogens with zero attached hydrogens (tertiary/aromatic N) is 3. The largest absolute Gasteiger partial charge is 0.478 e. The molecule has 1 aliphatic carbocycles. The van der Waals surface area contributed by atoms with Crippen molar-refractivity contribution >= 4 is 32.7 Å². The molecule has 0 spiro atoms. The van der Waals surface area contributed by atoms with E-state index in [2.05, 4.69) is 15.0 Å². The van der Waals surface area contributed by atoms with Gasteiger partial charge >= 0.3 is 5.97 Å². The van der Waals surface area contributed by atoms with Gasteiger partial charge in [0.2, 0.25) is 0 Å². The van der Waals surface area contributed by atoms with E-state index in [4.69, 9.17) is 9.26 Å². The van der Waals surface area contributed by atoms with Gasteiger partial charge in [0.1, 0.15) is 28.6 Å². The second-order valence-corrected chi connectivity index (χ2v) is 11.6. The van der Waals surface area contributed by atoms with Gasteiger partial charge in [0.15, 0.2) is 10.9 Å². The van der Waals surface area contributed by atoms with Crippen LogP contribution in [0.4, 0.5) is 18.3 Å². The summed E-state index contributed by atoms with van der Waals surface area (Å²) in [5.41, 5.74) is 0.651. The van der Waals surface area contributed by atoms with Crippen LogP contribution in [0.5, 0.6) is 0 Å². The molecule has 39 heavy (non-hydrogen) atoms. The molecule has 3 atom stereocenters. The van der Waals surface area contributed by atoms with E-state index in [9.17, 15) is 23.1 Å². The molecule has 7 rings (SSSR count). The van der Waals surface area contributed by atoms with Crippen LogP contribution in [0.15, 0.2) is 34.9 Å². The number of ether oxygens (including phenoxy) is 1. The molecule has 1 unspecified atom stereocenters. The second kappa shape index (κ2) is 9.34. The third kappa shape index (κ3) is 4.28. The maximum absolute atomic E-state index is 14.6. The maximum Gasteiger partial charge on any atom is 0.335 e. The van der Waals surface area contributed by atoms with Gasteiger partial charge in [-0.1, -0.05) is 22.6 Å². The van der Waals surface area contributed by atoms with Crippen LogP contribution in [-0.4, -0.2) is 39.4 Å². The minimum atomic E-state index is -1.18. The Kier molecular flexibility index (Phi) is 5.89. The molecule has 1 saturated carbocycles. The highest BCUT2D eigenvalue weighted by molar-refractivity contribution is 7.22. The average Bonchev–Trinajstić information content (AvgIpc) is 3.42. The number of carbonyl (C=O) groups is 1. The van der Waals surface area contributed by atoms with Crippen molar-refractivity contribution in [3.8, 4) is 11.3 Å². The number of piperidine rings is 1. The fourth-order valence-corrected chi connectivity index (χ4v) is 7.20. The summed E-state index contributed by atoms with van der Waals surface area (Å²) in [7, 11) is 0. The lowest BCUT2D eigenvalue weighted by atomic mass is 10.00. The van der Waals surface area contributed by atoms with Crippen molar-refractivity contribution in [2.75, 3.05) is 4.90 Å². The predicted octanol–water partition coefficient (Wildman–Crippen LogP) is 6.66. The molecule has 4 aromatic rings. The molecule has 2 aromatic carbocycles. The van der Waals surface area contributed by atoms with Crippen LogP contribution in [0.1, 0.15) is 66.1 Å². The van der Waals surface area contributed by atoms with E-state index in [0.717, 1.165) is 44.6 Å². The molecule has 2 aliphatic heterocycles. The van der Waals surface area contributed by atoms with Crippen molar-refractivity contribution in [2.45, 2.75) is 69.2 Å². The van der Waals surface area contributed by atoms with E-state index in [1.54, 1.807) is 0 Å². The molecule has 2 saturated heterocycles. The van der Waals surface area contributed by atoms with Crippen molar-refractivity contribution in [1.29, 1.82) is 0 Å². The SMILES string of the molecule is O=C(O)c1cc(F)c2nc(N3[C@@H]4CC[C@H]3CC(OCc3c(-c5c(F)cccc5F)noc3C3CC3)C4)sc2c1. The Hall–Kier alpha value is -3.44. The minimum absolute atomic E-state index is 0.0799. The molecule has 2 bridgehead atoms. The van der Waals surface area contributed by atoms with Gasteiger partial charge in [-0.05, 0) is 62.8 Å². The first-order valence-electron chi connectivity index (χ1n) is 13.0. The minimum Gasteiger partial charge on any atom is -0.478 e. The summed E-state index contributed by atoms with van der Waals surface area (Å²) >= 11 is 1.30.